The topological polar surface area (TPSA) is 21.3 Å². The van der Waals surface area contributed by atoms with Gasteiger partial charge in [0.05, 0.1) is 10.2 Å². The zero-order valence-electron chi connectivity index (χ0n) is 11.0. The van der Waals surface area contributed by atoms with Crippen LogP contribution in [0.15, 0.2) is 46.9 Å². The van der Waals surface area contributed by atoms with Crippen molar-refractivity contribution in [3.05, 3.63) is 57.5 Å². The van der Waals surface area contributed by atoms with E-state index in [4.69, 9.17) is 11.6 Å². The van der Waals surface area contributed by atoms with E-state index in [0.29, 0.717) is 21.7 Å². The smallest absolute Gasteiger partial charge is 0.387 e. The second-order valence-electron chi connectivity index (χ2n) is 4.31. The summed E-state index contributed by atoms with van der Waals surface area (Å²) in [6.45, 7) is -2.31. The number of hydrogen-bond acceptors (Lipinski definition) is 2. The van der Waals surface area contributed by atoms with Crippen molar-refractivity contribution in [1.29, 1.82) is 0 Å². The molecule has 2 aromatic carbocycles. The number of nitrogens with one attached hydrogen (secondary N) is 1. The maximum absolute atomic E-state index is 12.5. The molecule has 0 atom stereocenters. The zero-order valence-corrected chi connectivity index (χ0v) is 13.3. The summed E-state index contributed by atoms with van der Waals surface area (Å²) < 4.78 is 29.8. The number of hydrogen-bond donors (Lipinski definition) is 1. The van der Waals surface area contributed by atoms with Crippen LogP contribution in [0.5, 0.6) is 5.75 Å². The first-order valence-corrected chi connectivity index (χ1v) is 7.45. The van der Waals surface area contributed by atoms with Gasteiger partial charge < -0.3 is 10.1 Å². The number of benzene rings is 2. The van der Waals surface area contributed by atoms with Crippen LogP contribution in [0.1, 0.15) is 5.56 Å². The van der Waals surface area contributed by atoms with E-state index in [1.165, 1.54) is 6.07 Å². The van der Waals surface area contributed by atoms with Crippen LogP contribution in [0.2, 0.25) is 5.02 Å². The molecule has 0 heterocycles. The van der Waals surface area contributed by atoms with Crippen LogP contribution in [0.25, 0.3) is 0 Å². The van der Waals surface area contributed by atoms with Crippen molar-refractivity contribution in [3.63, 3.8) is 0 Å². The largest absolute Gasteiger partial charge is 0.431 e. The fraction of sp³-hybridized carbons (Fsp3) is 0.200. The minimum atomic E-state index is -2.89. The molecule has 112 valence electrons. The van der Waals surface area contributed by atoms with Crippen LogP contribution < -0.4 is 10.1 Å². The third-order valence-corrected chi connectivity index (χ3v) is 3.59. The van der Waals surface area contributed by atoms with Crippen molar-refractivity contribution in [3.8, 4) is 5.75 Å². The molecular weight excluding hydrogens is 364 g/mol. The van der Waals surface area contributed by atoms with Gasteiger partial charge in [-0.05, 0) is 40.0 Å². The first-order chi connectivity index (χ1) is 10.1. The van der Waals surface area contributed by atoms with Crippen LogP contribution in [-0.4, -0.2) is 13.2 Å². The first-order valence-electron chi connectivity index (χ1n) is 6.28. The lowest BCUT2D eigenvalue weighted by molar-refractivity contribution is -0.0498. The van der Waals surface area contributed by atoms with Gasteiger partial charge in [-0.3, -0.25) is 0 Å². The molecule has 0 saturated carbocycles. The van der Waals surface area contributed by atoms with E-state index in [-0.39, 0.29) is 5.75 Å². The molecule has 0 unspecified atom stereocenters. The van der Waals surface area contributed by atoms with Crippen LogP contribution in [-0.2, 0) is 6.42 Å². The Morgan fingerprint density at radius 2 is 1.90 bits per heavy atom. The highest BCUT2D eigenvalue weighted by Gasteiger charge is 2.14. The maximum atomic E-state index is 12.5. The van der Waals surface area contributed by atoms with Gasteiger partial charge in [0.25, 0.3) is 0 Å². The first kappa shape index (κ1) is 16.0. The van der Waals surface area contributed by atoms with E-state index in [1.807, 2.05) is 30.3 Å². The summed E-state index contributed by atoms with van der Waals surface area (Å²) in [5, 5.41) is 3.51. The van der Waals surface area contributed by atoms with E-state index >= 15 is 0 Å². The second-order valence-corrected chi connectivity index (χ2v) is 5.60. The Labute approximate surface area is 135 Å². The molecule has 6 heteroatoms. The van der Waals surface area contributed by atoms with Crippen molar-refractivity contribution in [2.24, 2.45) is 0 Å². The lowest BCUT2D eigenvalue weighted by Crippen LogP contribution is -2.09. The molecule has 2 nitrogen and oxygen atoms in total. The molecule has 0 amide bonds. The van der Waals surface area contributed by atoms with Crippen molar-refractivity contribution in [2.45, 2.75) is 13.0 Å². The molecule has 0 aliphatic heterocycles. The van der Waals surface area contributed by atoms with E-state index < -0.39 is 6.61 Å². The quantitative estimate of drug-likeness (QED) is 0.733. The number of alkyl halides is 2. The fourth-order valence-corrected chi connectivity index (χ4v) is 2.79. The summed E-state index contributed by atoms with van der Waals surface area (Å²) in [6.07, 6.45) is 0.763. The molecule has 0 spiro atoms. The Kier molecular flexibility index (Phi) is 5.82. The number of ether oxygens (including phenoxy) is 1. The third kappa shape index (κ3) is 4.86. The van der Waals surface area contributed by atoms with Gasteiger partial charge in [-0.2, -0.15) is 8.78 Å². The molecule has 0 fully saturated rings. The van der Waals surface area contributed by atoms with Gasteiger partial charge in [0, 0.05) is 11.6 Å². The Hall–Kier alpha value is -1.33. The van der Waals surface area contributed by atoms with Crippen LogP contribution in [0.4, 0.5) is 14.5 Å². The van der Waals surface area contributed by atoms with Crippen LogP contribution in [0, 0.1) is 0 Å². The molecule has 1 N–H and O–H groups in total. The minimum Gasteiger partial charge on any atom is -0.431 e. The lowest BCUT2D eigenvalue weighted by atomic mass is 10.1. The normalized spacial score (nSPS) is 10.7. The van der Waals surface area contributed by atoms with Crippen molar-refractivity contribution >= 4 is 33.2 Å². The Morgan fingerprint density at radius 3 is 2.57 bits per heavy atom. The predicted octanol–water partition coefficient (Wildman–Crippen LogP) is 5.36. The van der Waals surface area contributed by atoms with Gasteiger partial charge >= 0.3 is 6.61 Å². The lowest BCUT2D eigenvalue weighted by Gasteiger charge is -2.15. The standard InChI is InChI=1S/C15H13BrClF2NO/c16-12-8-11(17)9-13(14(12)21-15(18)19)20-7-6-10-4-2-1-3-5-10/h1-5,8-9,15,20H,6-7H2. The zero-order chi connectivity index (χ0) is 15.2. The Bertz CT molecular complexity index is 596. The van der Waals surface area contributed by atoms with E-state index in [1.54, 1.807) is 6.07 Å². The summed E-state index contributed by atoms with van der Waals surface area (Å²) >= 11 is 9.12. The summed E-state index contributed by atoms with van der Waals surface area (Å²) in [5.41, 5.74) is 1.59. The predicted molar refractivity (Wildman–Crippen MR) is 84.4 cm³/mol. The van der Waals surface area contributed by atoms with Gasteiger partial charge in [0.15, 0.2) is 5.75 Å². The molecule has 0 radical (unpaired) electrons. The van der Waals surface area contributed by atoms with Crippen LogP contribution >= 0.6 is 27.5 Å². The average molecular weight is 377 g/mol. The highest BCUT2D eigenvalue weighted by Crippen LogP contribution is 2.37. The number of halogens is 4. The number of rotatable bonds is 6. The van der Waals surface area contributed by atoms with Crippen molar-refractivity contribution < 1.29 is 13.5 Å². The van der Waals surface area contributed by atoms with Crippen molar-refractivity contribution in [1.82, 2.24) is 0 Å². The molecule has 0 aliphatic carbocycles. The monoisotopic (exact) mass is 375 g/mol. The fourth-order valence-electron chi connectivity index (χ4n) is 1.89. The molecule has 2 rings (SSSR count). The number of anilines is 1. The summed E-state index contributed by atoms with van der Waals surface area (Å²) in [6, 6.07) is 12.9. The Balaban J connectivity index is 2.07. The molecule has 0 bridgehead atoms. The molecule has 21 heavy (non-hydrogen) atoms. The summed E-state index contributed by atoms with van der Waals surface area (Å²) in [7, 11) is 0. The van der Waals surface area contributed by atoms with Crippen molar-refractivity contribution in [2.75, 3.05) is 11.9 Å². The van der Waals surface area contributed by atoms with E-state index in [2.05, 4.69) is 26.0 Å². The van der Waals surface area contributed by atoms with E-state index in [0.717, 1.165) is 12.0 Å². The molecule has 0 aliphatic rings. The highest BCUT2D eigenvalue weighted by molar-refractivity contribution is 9.10. The van der Waals surface area contributed by atoms with E-state index in [9.17, 15) is 8.78 Å². The minimum absolute atomic E-state index is 0.0578. The van der Waals surface area contributed by atoms with Gasteiger partial charge in [-0.25, -0.2) is 0 Å². The molecule has 2 aromatic rings. The van der Waals surface area contributed by atoms with Gasteiger partial charge in [-0.15, -0.1) is 0 Å². The third-order valence-electron chi connectivity index (χ3n) is 2.79. The molecule has 0 saturated heterocycles. The molecular formula is C15H13BrClF2NO. The maximum Gasteiger partial charge on any atom is 0.387 e. The molecule has 0 aromatic heterocycles. The van der Waals surface area contributed by atoms with Gasteiger partial charge in [0.2, 0.25) is 0 Å². The highest BCUT2D eigenvalue weighted by atomic mass is 79.9. The second kappa shape index (κ2) is 7.61. The Morgan fingerprint density at radius 1 is 1.19 bits per heavy atom. The van der Waals surface area contributed by atoms with Gasteiger partial charge in [0.1, 0.15) is 0 Å². The summed E-state index contributed by atoms with van der Waals surface area (Å²) in [5.74, 6) is 0.0578. The average Bonchev–Trinajstić information content (AvgIpc) is 2.43. The summed E-state index contributed by atoms with van der Waals surface area (Å²) in [4.78, 5) is 0. The van der Waals surface area contributed by atoms with Gasteiger partial charge in [-0.1, -0.05) is 41.9 Å². The van der Waals surface area contributed by atoms with Crippen LogP contribution in [0.3, 0.4) is 0 Å². The SMILES string of the molecule is FC(F)Oc1c(Br)cc(Cl)cc1NCCc1ccccc1.